The second kappa shape index (κ2) is 9.69. The predicted octanol–water partition coefficient (Wildman–Crippen LogP) is 2.10. The van der Waals surface area contributed by atoms with Crippen molar-refractivity contribution in [2.24, 2.45) is 0 Å². The average Bonchev–Trinajstić information content (AvgIpc) is 2.70. The molecule has 1 aromatic carbocycles. The van der Waals surface area contributed by atoms with E-state index in [2.05, 4.69) is 61.2 Å². The third-order valence-electron chi connectivity index (χ3n) is 5.10. The van der Waals surface area contributed by atoms with Crippen molar-refractivity contribution in [3.63, 3.8) is 0 Å². The summed E-state index contributed by atoms with van der Waals surface area (Å²) in [6.45, 7) is 9.15. The molecule has 7 nitrogen and oxygen atoms in total. The first kappa shape index (κ1) is 21.0. The number of carbonyl (C=O) groups excluding carboxylic acids is 1. The van der Waals surface area contributed by atoms with E-state index < -0.39 is 0 Å². The van der Waals surface area contributed by atoms with E-state index in [0.717, 1.165) is 45.0 Å². The SMILES string of the molecule is Cc1cccc(N2CCN(c3cc(C(=O)NCCCN(C)C)nc(C)n3)CC2)c1. The number of anilines is 2. The van der Waals surface area contributed by atoms with Gasteiger partial charge in [-0.3, -0.25) is 4.79 Å². The van der Waals surface area contributed by atoms with Crippen molar-refractivity contribution in [2.45, 2.75) is 20.3 Å². The number of aromatic nitrogens is 2. The number of amides is 1. The quantitative estimate of drug-likeness (QED) is 0.723. The van der Waals surface area contributed by atoms with Crippen molar-refractivity contribution >= 4 is 17.4 Å². The largest absolute Gasteiger partial charge is 0.368 e. The highest BCUT2D eigenvalue weighted by atomic mass is 16.1. The van der Waals surface area contributed by atoms with E-state index in [4.69, 9.17) is 0 Å². The van der Waals surface area contributed by atoms with Crippen molar-refractivity contribution < 1.29 is 4.79 Å². The summed E-state index contributed by atoms with van der Waals surface area (Å²) in [6, 6.07) is 10.4. The van der Waals surface area contributed by atoms with Crippen molar-refractivity contribution in [2.75, 3.05) is 63.2 Å². The van der Waals surface area contributed by atoms with Crippen molar-refractivity contribution in [3.8, 4) is 0 Å². The van der Waals surface area contributed by atoms with E-state index in [0.29, 0.717) is 18.1 Å². The van der Waals surface area contributed by atoms with Crippen LogP contribution in [0.5, 0.6) is 0 Å². The van der Waals surface area contributed by atoms with Gasteiger partial charge in [0.15, 0.2) is 0 Å². The molecule has 1 aliphatic rings. The normalized spacial score (nSPS) is 14.4. The Labute approximate surface area is 173 Å². The lowest BCUT2D eigenvalue weighted by Gasteiger charge is -2.37. The molecule has 0 atom stereocenters. The number of aryl methyl sites for hydroxylation is 2. The molecule has 156 valence electrons. The molecule has 1 aromatic heterocycles. The first-order valence-electron chi connectivity index (χ1n) is 10.3. The molecule has 1 amide bonds. The van der Waals surface area contributed by atoms with E-state index in [9.17, 15) is 4.79 Å². The van der Waals surface area contributed by atoms with Gasteiger partial charge in [0.1, 0.15) is 17.3 Å². The molecule has 1 saturated heterocycles. The number of hydrogen-bond acceptors (Lipinski definition) is 6. The summed E-state index contributed by atoms with van der Waals surface area (Å²) in [7, 11) is 4.06. The highest BCUT2D eigenvalue weighted by Crippen LogP contribution is 2.21. The van der Waals surface area contributed by atoms with Gasteiger partial charge in [-0.05, 0) is 58.6 Å². The van der Waals surface area contributed by atoms with Crippen LogP contribution in [-0.2, 0) is 0 Å². The summed E-state index contributed by atoms with van der Waals surface area (Å²) in [5.74, 6) is 1.33. The highest BCUT2D eigenvalue weighted by molar-refractivity contribution is 5.92. The van der Waals surface area contributed by atoms with Gasteiger partial charge in [-0.15, -0.1) is 0 Å². The Balaban J connectivity index is 1.60. The molecular weight excluding hydrogens is 364 g/mol. The van der Waals surface area contributed by atoms with Gasteiger partial charge in [-0.25, -0.2) is 9.97 Å². The summed E-state index contributed by atoms with van der Waals surface area (Å²) < 4.78 is 0. The Morgan fingerprint density at radius 1 is 1.07 bits per heavy atom. The van der Waals surface area contributed by atoms with Crippen molar-refractivity contribution in [1.82, 2.24) is 20.2 Å². The van der Waals surface area contributed by atoms with Gasteiger partial charge in [-0.1, -0.05) is 12.1 Å². The van der Waals surface area contributed by atoms with Gasteiger partial charge >= 0.3 is 0 Å². The molecule has 0 radical (unpaired) electrons. The zero-order valence-electron chi connectivity index (χ0n) is 18.0. The summed E-state index contributed by atoms with van der Waals surface area (Å²) in [6.07, 6.45) is 0.913. The van der Waals surface area contributed by atoms with Gasteiger partial charge in [0.05, 0.1) is 0 Å². The number of rotatable bonds is 7. The van der Waals surface area contributed by atoms with Gasteiger partial charge < -0.3 is 20.0 Å². The molecule has 29 heavy (non-hydrogen) atoms. The zero-order valence-corrected chi connectivity index (χ0v) is 18.0. The topological polar surface area (TPSA) is 64.6 Å². The minimum atomic E-state index is -0.131. The average molecular weight is 397 g/mol. The first-order valence-corrected chi connectivity index (χ1v) is 10.3. The number of benzene rings is 1. The van der Waals surface area contributed by atoms with E-state index in [1.165, 1.54) is 11.3 Å². The fraction of sp³-hybridized carbons (Fsp3) is 0.500. The maximum absolute atomic E-state index is 12.5. The van der Waals surface area contributed by atoms with Crippen LogP contribution in [0.15, 0.2) is 30.3 Å². The Kier molecular flexibility index (Phi) is 7.04. The number of piperazine rings is 1. The van der Waals surface area contributed by atoms with Gasteiger partial charge in [0.2, 0.25) is 0 Å². The van der Waals surface area contributed by atoms with E-state index in [1.807, 2.05) is 27.1 Å². The summed E-state index contributed by atoms with van der Waals surface area (Å²) in [5, 5.41) is 2.96. The second-order valence-corrected chi connectivity index (χ2v) is 7.88. The minimum Gasteiger partial charge on any atom is -0.368 e. The Hall–Kier alpha value is -2.67. The Bertz CT molecular complexity index is 830. The summed E-state index contributed by atoms with van der Waals surface area (Å²) in [5.41, 5.74) is 2.98. The lowest BCUT2D eigenvalue weighted by Crippen LogP contribution is -2.47. The number of nitrogens with zero attached hydrogens (tertiary/aromatic N) is 5. The maximum atomic E-state index is 12.5. The third-order valence-corrected chi connectivity index (χ3v) is 5.10. The smallest absolute Gasteiger partial charge is 0.270 e. The molecular formula is C22H32N6O. The van der Waals surface area contributed by atoms with Crippen LogP contribution in [0.4, 0.5) is 11.5 Å². The molecule has 2 aromatic rings. The molecule has 2 heterocycles. The molecule has 1 fully saturated rings. The summed E-state index contributed by atoms with van der Waals surface area (Å²) >= 11 is 0. The molecule has 0 bridgehead atoms. The maximum Gasteiger partial charge on any atom is 0.270 e. The van der Waals surface area contributed by atoms with Crippen LogP contribution in [0.25, 0.3) is 0 Å². The van der Waals surface area contributed by atoms with Crippen LogP contribution in [0.2, 0.25) is 0 Å². The molecule has 0 unspecified atom stereocenters. The second-order valence-electron chi connectivity index (χ2n) is 7.88. The Morgan fingerprint density at radius 3 is 2.48 bits per heavy atom. The van der Waals surface area contributed by atoms with Gasteiger partial charge in [0.25, 0.3) is 5.91 Å². The monoisotopic (exact) mass is 396 g/mol. The van der Waals surface area contributed by atoms with Crippen molar-refractivity contribution in [1.29, 1.82) is 0 Å². The molecule has 0 aliphatic carbocycles. The molecule has 0 saturated carbocycles. The van der Waals surface area contributed by atoms with Crippen LogP contribution >= 0.6 is 0 Å². The number of hydrogen-bond donors (Lipinski definition) is 1. The number of nitrogens with one attached hydrogen (secondary N) is 1. The first-order chi connectivity index (χ1) is 13.9. The molecule has 1 aliphatic heterocycles. The van der Waals surface area contributed by atoms with Crippen LogP contribution in [-0.4, -0.2) is 74.1 Å². The fourth-order valence-electron chi connectivity index (χ4n) is 3.54. The lowest BCUT2D eigenvalue weighted by atomic mass is 10.2. The third kappa shape index (κ3) is 5.90. The Morgan fingerprint density at radius 2 is 1.79 bits per heavy atom. The van der Waals surface area contributed by atoms with E-state index in [1.54, 1.807) is 0 Å². The molecule has 0 spiro atoms. The lowest BCUT2D eigenvalue weighted by molar-refractivity contribution is 0.0947. The van der Waals surface area contributed by atoms with E-state index >= 15 is 0 Å². The van der Waals surface area contributed by atoms with Gasteiger partial charge in [-0.2, -0.15) is 0 Å². The van der Waals surface area contributed by atoms with Crippen LogP contribution in [0.1, 0.15) is 28.3 Å². The van der Waals surface area contributed by atoms with Crippen molar-refractivity contribution in [3.05, 3.63) is 47.4 Å². The van der Waals surface area contributed by atoms with Crippen LogP contribution in [0.3, 0.4) is 0 Å². The predicted molar refractivity (Wildman–Crippen MR) is 118 cm³/mol. The molecule has 1 N–H and O–H groups in total. The van der Waals surface area contributed by atoms with Crippen LogP contribution in [0, 0.1) is 13.8 Å². The highest BCUT2D eigenvalue weighted by Gasteiger charge is 2.20. The van der Waals surface area contributed by atoms with Gasteiger partial charge in [0, 0.05) is 44.5 Å². The zero-order chi connectivity index (χ0) is 20.8. The molecule has 7 heteroatoms. The van der Waals surface area contributed by atoms with E-state index in [-0.39, 0.29) is 5.91 Å². The van der Waals surface area contributed by atoms with Crippen LogP contribution < -0.4 is 15.1 Å². The standard InChI is InChI=1S/C22H32N6O/c1-17-7-5-8-19(15-17)27-11-13-28(14-12-27)21-16-20(24-18(2)25-21)22(29)23-9-6-10-26(3)4/h5,7-8,15-16H,6,9-14H2,1-4H3,(H,23,29). The summed E-state index contributed by atoms with van der Waals surface area (Å²) in [4.78, 5) is 28.2. The molecule has 3 rings (SSSR count). The minimum absolute atomic E-state index is 0.131. The fourth-order valence-corrected chi connectivity index (χ4v) is 3.54. The number of carbonyl (C=O) groups is 1.